The fourth-order valence-corrected chi connectivity index (χ4v) is 2.44. The maximum Gasteiger partial charge on any atom is 0.410 e. The third-order valence-corrected chi connectivity index (χ3v) is 3.62. The third-order valence-electron chi connectivity index (χ3n) is 3.62. The Hall–Kier alpha value is -2.24. The summed E-state index contributed by atoms with van der Waals surface area (Å²) in [7, 11) is 5.25. The van der Waals surface area contributed by atoms with E-state index in [2.05, 4.69) is 5.32 Å². The third kappa shape index (κ3) is 3.45. The molecule has 1 heterocycles. The van der Waals surface area contributed by atoms with Crippen LogP contribution in [0.25, 0.3) is 0 Å². The predicted molar refractivity (Wildman–Crippen MR) is 81.5 cm³/mol. The zero-order valence-electron chi connectivity index (χ0n) is 12.6. The van der Waals surface area contributed by atoms with E-state index in [1.807, 2.05) is 43.3 Å². The Balaban J connectivity index is 2.02. The van der Waals surface area contributed by atoms with Crippen molar-refractivity contribution in [3.63, 3.8) is 0 Å². The first-order valence-corrected chi connectivity index (χ1v) is 6.95. The van der Waals surface area contributed by atoms with Crippen molar-refractivity contribution in [1.82, 2.24) is 4.90 Å². The molecule has 0 aromatic heterocycles. The van der Waals surface area contributed by atoms with E-state index in [9.17, 15) is 9.59 Å². The van der Waals surface area contributed by atoms with E-state index < -0.39 is 12.1 Å². The van der Waals surface area contributed by atoms with Crippen LogP contribution in [0, 0.1) is 0 Å². The second-order valence-electron chi connectivity index (χ2n) is 5.25. The first kappa shape index (κ1) is 15.2. The number of hydrogen-bond donors (Lipinski definition) is 1. The van der Waals surface area contributed by atoms with E-state index in [-0.39, 0.29) is 5.91 Å². The Labute approximate surface area is 124 Å². The van der Waals surface area contributed by atoms with Gasteiger partial charge in [0.25, 0.3) is 0 Å². The summed E-state index contributed by atoms with van der Waals surface area (Å²) in [6, 6.07) is 7.12. The maximum absolute atomic E-state index is 12.3. The fourth-order valence-electron chi connectivity index (χ4n) is 2.44. The number of methoxy groups -OCH3 is 1. The molecule has 1 saturated heterocycles. The van der Waals surface area contributed by atoms with Gasteiger partial charge in [0.15, 0.2) is 0 Å². The van der Waals surface area contributed by atoms with Crippen LogP contribution in [0.1, 0.15) is 12.8 Å². The SMILES string of the molecule is COC(=O)N1CCCC1C(=O)Nc1ccc(N(C)C)cc1. The first-order chi connectivity index (χ1) is 10.0. The number of likely N-dealkylation sites (tertiary alicyclic amines) is 1. The molecule has 1 aromatic rings. The number of amides is 2. The lowest BCUT2D eigenvalue weighted by Crippen LogP contribution is -2.43. The highest BCUT2D eigenvalue weighted by atomic mass is 16.5. The van der Waals surface area contributed by atoms with Crippen LogP contribution < -0.4 is 10.2 Å². The van der Waals surface area contributed by atoms with E-state index >= 15 is 0 Å². The standard InChI is InChI=1S/C15H21N3O3/c1-17(2)12-8-6-11(7-9-12)16-14(19)13-5-4-10-18(13)15(20)21-3/h6-9,13H,4-5,10H2,1-3H3,(H,16,19). The molecule has 21 heavy (non-hydrogen) atoms. The van der Waals surface area contributed by atoms with E-state index in [0.717, 1.165) is 17.8 Å². The molecule has 114 valence electrons. The highest BCUT2D eigenvalue weighted by Gasteiger charge is 2.34. The van der Waals surface area contributed by atoms with Gasteiger partial charge in [-0.25, -0.2) is 4.79 Å². The monoisotopic (exact) mass is 291 g/mol. The summed E-state index contributed by atoms with van der Waals surface area (Å²) < 4.78 is 4.71. The van der Waals surface area contributed by atoms with Gasteiger partial charge in [-0.1, -0.05) is 0 Å². The minimum absolute atomic E-state index is 0.171. The molecule has 1 fully saturated rings. The summed E-state index contributed by atoms with van der Waals surface area (Å²) in [5.41, 5.74) is 1.78. The van der Waals surface area contributed by atoms with Crippen LogP contribution in [0.5, 0.6) is 0 Å². The Morgan fingerprint density at radius 1 is 1.29 bits per heavy atom. The molecule has 6 nitrogen and oxygen atoms in total. The molecule has 1 atom stereocenters. The van der Waals surface area contributed by atoms with Gasteiger partial charge in [-0.15, -0.1) is 0 Å². The topological polar surface area (TPSA) is 61.9 Å². The quantitative estimate of drug-likeness (QED) is 0.924. The molecule has 6 heteroatoms. The smallest absolute Gasteiger partial charge is 0.410 e. The summed E-state index contributed by atoms with van der Waals surface area (Å²) in [4.78, 5) is 27.4. The van der Waals surface area contributed by atoms with Crippen LogP contribution in [-0.2, 0) is 9.53 Å². The van der Waals surface area contributed by atoms with Gasteiger partial charge in [0.05, 0.1) is 7.11 Å². The molecule has 1 N–H and O–H groups in total. The minimum atomic E-state index is -0.453. The number of nitrogens with one attached hydrogen (secondary N) is 1. The van der Waals surface area contributed by atoms with Crippen molar-refractivity contribution >= 4 is 23.4 Å². The minimum Gasteiger partial charge on any atom is -0.453 e. The molecule has 1 aliphatic rings. The maximum atomic E-state index is 12.3. The van der Waals surface area contributed by atoms with Crippen LogP contribution in [0.3, 0.4) is 0 Å². The Morgan fingerprint density at radius 2 is 1.95 bits per heavy atom. The molecule has 0 saturated carbocycles. The molecule has 0 bridgehead atoms. The summed E-state index contributed by atoms with van der Waals surface area (Å²) >= 11 is 0. The molecular weight excluding hydrogens is 270 g/mol. The van der Waals surface area contributed by atoms with Crippen LogP contribution in [-0.4, -0.2) is 50.7 Å². The van der Waals surface area contributed by atoms with Gasteiger partial charge in [0.1, 0.15) is 6.04 Å². The number of ether oxygens (including phenoxy) is 1. The van der Waals surface area contributed by atoms with Crippen molar-refractivity contribution in [2.24, 2.45) is 0 Å². The Morgan fingerprint density at radius 3 is 2.52 bits per heavy atom. The average molecular weight is 291 g/mol. The number of nitrogens with zero attached hydrogens (tertiary/aromatic N) is 2. The molecule has 2 rings (SSSR count). The second-order valence-corrected chi connectivity index (χ2v) is 5.25. The molecule has 2 amide bonds. The van der Waals surface area contributed by atoms with Crippen molar-refractivity contribution in [3.8, 4) is 0 Å². The van der Waals surface area contributed by atoms with E-state index in [4.69, 9.17) is 4.74 Å². The zero-order valence-corrected chi connectivity index (χ0v) is 12.6. The summed E-state index contributed by atoms with van der Waals surface area (Å²) in [6.07, 6.45) is 1.03. The number of carbonyl (C=O) groups is 2. The lowest BCUT2D eigenvalue weighted by Gasteiger charge is -2.22. The summed E-state index contributed by atoms with van der Waals surface area (Å²) in [6.45, 7) is 0.560. The lowest BCUT2D eigenvalue weighted by atomic mass is 10.2. The molecular formula is C15H21N3O3. The van der Waals surface area contributed by atoms with E-state index in [1.165, 1.54) is 12.0 Å². The molecule has 1 unspecified atom stereocenters. The summed E-state index contributed by atoms with van der Waals surface area (Å²) in [5.74, 6) is -0.171. The largest absolute Gasteiger partial charge is 0.453 e. The number of carbonyl (C=O) groups excluding carboxylic acids is 2. The molecule has 0 radical (unpaired) electrons. The zero-order chi connectivity index (χ0) is 15.4. The van der Waals surface area contributed by atoms with Gasteiger partial charge >= 0.3 is 6.09 Å². The molecule has 1 aliphatic heterocycles. The van der Waals surface area contributed by atoms with Crippen LogP contribution in [0.15, 0.2) is 24.3 Å². The molecule has 0 aliphatic carbocycles. The van der Waals surface area contributed by atoms with Crippen molar-refractivity contribution in [1.29, 1.82) is 0 Å². The van der Waals surface area contributed by atoms with Crippen molar-refractivity contribution < 1.29 is 14.3 Å². The first-order valence-electron chi connectivity index (χ1n) is 6.95. The van der Waals surface area contributed by atoms with Crippen molar-refractivity contribution in [2.45, 2.75) is 18.9 Å². The van der Waals surface area contributed by atoms with Gasteiger partial charge in [0.2, 0.25) is 5.91 Å². The number of hydrogen-bond acceptors (Lipinski definition) is 4. The van der Waals surface area contributed by atoms with Gasteiger partial charge in [-0.2, -0.15) is 0 Å². The number of benzene rings is 1. The van der Waals surface area contributed by atoms with Crippen LogP contribution in [0.4, 0.5) is 16.2 Å². The van der Waals surface area contributed by atoms with Gasteiger partial charge in [-0.05, 0) is 37.1 Å². The molecule has 0 spiro atoms. The second kappa shape index (κ2) is 6.47. The summed E-state index contributed by atoms with van der Waals surface area (Å²) in [5, 5.41) is 2.85. The van der Waals surface area contributed by atoms with Gasteiger partial charge < -0.3 is 15.0 Å². The Kier molecular flexibility index (Phi) is 4.67. The number of anilines is 2. The highest BCUT2D eigenvalue weighted by Crippen LogP contribution is 2.21. The van der Waals surface area contributed by atoms with E-state index in [1.54, 1.807) is 0 Å². The predicted octanol–water partition coefficient (Wildman–Crippen LogP) is 1.92. The molecule has 1 aromatic carbocycles. The highest BCUT2D eigenvalue weighted by molar-refractivity contribution is 5.97. The van der Waals surface area contributed by atoms with Gasteiger partial charge in [-0.3, -0.25) is 9.69 Å². The van der Waals surface area contributed by atoms with Crippen LogP contribution >= 0.6 is 0 Å². The average Bonchev–Trinajstić information content (AvgIpc) is 2.96. The van der Waals surface area contributed by atoms with Crippen molar-refractivity contribution in [3.05, 3.63) is 24.3 Å². The number of rotatable bonds is 3. The van der Waals surface area contributed by atoms with Crippen molar-refractivity contribution in [2.75, 3.05) is 38.0 Å². The normalized spacial score (nSPS) is 17.5. The van der Waals surface area contributed by atoms with E-state index in [0.29, 0.717) is 13.0 Å². The Bertz CT molecular complexity index is 513. The van der Waals surface area contributed by atoms with Gasteiger partial charge in [0, 0.05) is 32.0 Å². The fraction of sp³-hybridized carbons (Fsp3) is 0.467. The lowest BCUT2D eigenvalue weighted by molar-refractivity contribution is -0.119. The van der Waals surface area contributed by atoms with Crippen LogP contribution in [0.2, 0.25) is 0 Å².